The van der Waals surface area contributed by atoms with Crippen LogP contribution in [0, 0.1) is 6.92 Å². The van der Waals surface area contributed by atoms with Gasteiger partial charge in [-0.2, -0.15) is 0 Å². The van der Waals surface area contributed by atoms with Gasteiger partial charge in [-0.1, -0.05) is 61.9 Å². The van der Waals surface area contributed by atoms with Crippen molar-refractivity contribution in [3.05, 3.63) is 29.8 Å². The van der Waals surface area contributed by atoms with Crippen molar-refractivity contribution in [2.75, 3.05) is 0 Å². The minimum absolute atomic E-state index is 0.548. The molecule has 88 valence electrons. The van der Waals surface area contributed by atoms with Crippen LogP contribution >= 0.6 is 22.2 Å². The molecule has 3 heteroatoms. The van der Waals surface area contributed by atoms with E-state index in [1.807, 2.05) is 0 Å². The lowest BCUT2D eigenvalue weighted by molar-refractivity contribution is 0.499. The van der Waals surface area contributed by atoms with Gasteiger partial charge in [0.25, 0.3) is 6.69 Å². The van der Waals surface area contributed by atoms with Gasteiger partial charge in [-0.05, 0) is 17.7 Å². The Morgan fingerprint density at radius 1 is 1.12 bits per heavy atom. The molecule has 0 nitrogen and oxygen atoms in total. The van der Waals surface area contributed by atoms with Crippen LogP contribution in [0.4, 0.5) is 0 Å². The zero-order valence-corrected chi connectivity index (χ0v) is 12.2. The van der Waals surface area contributed by atoms with Crippen molar-refractivity contribution in [1.29, 1.82) is 0 Å². The Bertz CT molecular complexity index is 357. The Morgan fingerprint density at radius 2 is 1.81 bits per heavy atom. The Hall–Kier alpha value is 0.0169. The highest BCUT2D eigenvalue weighted by Crippen LogP contribution is 2.41. The van der Waals surface area contributed by atoms with Gasteiger partial charge in [-0.15, -0.1) is 22.2 Å². The molecule has 0 unspecified atom stereocenters. The Kier molecular flexibility index (Phi) is 3.99. The topological polar surface area (TPSA) is 0 Å². The van der Waals surface area contributed by atoms with Crippen LogP contribution in [0.25, 0.3) is 0 Å². The second-order valence-corrected chi connectivity index (χ2v) is 11.6. The molecular formula is C13H18Cl2Si. The fourth-order valence-electron chi connectivity index (χ4n) is 2.55. The van der Waals surface area contributed by atoms with Gasteiger partial charge >= 0.3 is 0 Å². The average molecular weight is 273 g/mol. The van der Waals surface area contributed by atoms with Crippen molar-refractivity contribution in [2.24, 2.45) is 0 Å². The van der Waals surface area contributed by atoms with Gasteiger partial charge in [0.1, 0.15) is 0 Å². The van der Waals surface area contributed by atoms with Crippen molar-refractivity contribution in [3.8, 4) is 0 Å². The van der Waals surface area contributed by atoms with Crippen LogP contribution in [0.3, 0.4) is 0 Å². The molecule has 16 heavy (non-hydrogen) atoms. The van der Waals surface area contributed by atoms with Crippen LogP contribution in [-0.4, -0.2) is 6.69 Å². The van der Waals surface area contributed by atoms with Gasteiger partial charge in [0.2, 0.25) is 0 Å². The van der Waals surface area contributed by atoms with E-state index in [0.717, 1.165) is 0 Å². The van der Waals surface area contributed by atoms with Crippen LogP contribution < -0.4 is 5.19 Å². The minimum Gasteiger partial charge on any atom is -0.139 e. The molecule has 1 aromatic rings. The van der Waals surface area contributed by atoms with E-state index >= 15 is 0 Å². The van der Waals surface area contributed by atoms with E-state index in [2.05, 4.69) is 31.2 Å². The van der Waals surface area contributed by atoms with Gasteiger partial charge in [0, 0.05) is 0 Å². The summed E-state index contributed by atoms with van der Waals surface area (Å²) in [5.41, 5.74) is 1.80. The molecule has 0 aliphatic heterocycles. The molecular weight excluding hydrogens is 255 g/mol. The van der Waals surface area contributed by atoms with Gasteiger partial charge in [0.15, 0.2) is 0 Å². The first-order chi connectivity index (χ1) is 7.60. The van der Waals surface area contributed by atoms with Crippen molar-refractivity contribution in [1.82, 2.24) is 0 Å². The molecule has 0 aromatic heterocycles. The number of rotatable bonds is 2. The standard InChI is InChI=1S/C13H18Cl2Si/c1-11-6-5-9-13(10-11)16(14,15)12-7-3-2-4-8-12/h5-6,9-10,12H,2-4,7-8H2,1H3. The van der Waals surface area contributed by atoms with Gasteiger partial charge in [-0.3, -0.25) is 0 Å². The zero-order chi connectivity index (χ0) is 11.6. The van der Waals surface area contributed by atoms with Crippen LogP contribution in [0.2, 0.25) is 5.54 Å². The van der Waals surface area contributed by atoms with Gasteiger partial charge in [0.05, 0.1) is 0 Å². The summed E-state index contributed by atoms with van der Waals surface area (Å²) in [6.07, 6.45) is 6.37. The van der Waals surface area contributed by atoms with Gasteiger partial charge in [-0.25, -0.2) is 0 Å². The quantitative estimate of drug-likeness (QED) is 0.551. The monoisotopic (exact) mass is 272 g/mol. The Labute approximate surface area is 108 Å². The van der Waals surface area contributed by atoms with Crippen molar-refractivity contribution >= 4 is 34.0 Å². The smallest absolute Gasteiger partial charge is 0.139 e. The number of benzene rings is 1. The molecule has 0 heterocycles. The van der Waals surface area contributed by atoms with Crippen molar-refractivity contribution in [2.45, 2.75) is 44.6 Å². The summed E-state index contributed by atoms with van der Waals surface area (Å²) in [5.74, 6) is 0. The molecule has 0 N–H and O–H groups in total. The minimum atomic E-state index is -2.27. The maximum Gasteiger partial charge on any atom is 0.283 e. The molecule has 0 spiro atoms. The van der Waals surface area contributed by atoms with E-state index in [4.69, 9.17) is 22.2 Å². The first-order valence-electron chi connectivity index (χ1n) is 6.05. The van der Waals surface area contributed by atoms with Gasteiger partial charge < -0.3 is 0 Å². The predicted octanol–water partition coefficient (Wildman–Crippen LogP) is 4.46. The number of halogens is 2. The van der Waals surface area contributed by atoms with E-state index < -0.39 is 6.69 Å². The average Bonchev–Trinajstić information content (AvgIpc) is 2.30. The maximum absolute atomic E-state index is 6.72. The highest BCUT2D eigenvalue weighted by atomic mass is 35.7. The molecule has 0 saturated heterocycles. The number of aryl methyl sites for hydroxylation is 1. The van der Waals surface area contributed by atoms with Crippen LogP contribution in [0.1, 0.15) is 37.7 Å². The third-order valence-electron chi connectivity index (χ3n) is 3.52. The summed E-state index contributed by atoms with van der Waals surface area (Å²) in [6, 6.07) is 8.44. The van der Waals surface area contributed by atoms with Crippen molar-refractivity contribution < 1.29 is 0 Å². The molecule has 1 aromatic carbocycles. The summed E-state index contributed by atoms with van der Waals surface area (Å²) in [7, 11) is 0. The second kappa shape index (κ2) is 5.12. The molecule has 0 atom stereocenters. The summed E-state index contributed by atoms with van der Waals surface area (Å²) < 4.78 is 0. The molecule has 0 amide bonds. The number of hydrogen-bond donors (Lipinski definition) is 0. The van der Waals surface area contributed by atoms with Crippen LogP contribution in [-0.2, 0) is 0 Å². The molecule has 2 rings (SSSR count). The SMILES string of the molecule is Cc1cccc([Si](Cl)(Cl)C2CCCCC2)c1. The molecule has 1 aliphatic rings. The molecule has 1 fully saturated rings. The summed E-state index contributed by atoms with van der Waals surface area (Å²) >= 11 is 13.4. The molecule has 1 saturated carbocycles. The Balaban J connectivity index is 2.22. The fraction of sp³-hybridized carbons (Fsp3) is 0.538. The highest BCUT2D eigenvalue weighted by Gasteiger charge is 2.40. The summed E-state index contributed by atoms with van der Waals surface area (Å²) in [4.78, 5) is 0. The summed E-state index contributed by atoms with van der Waals surface area (Å²) in [5, 5.41) is 1.20. The summed E-state index contributed by atoms with van der Waals surface area (Å²) in [6.45, 7) is -0.166. The number of hydrogen-bond acceptors (Lipinski definition) is 0. The highest BCUT2D eigenvalue weighted by molar-refractivity contribution is 7.51. The normalized spacial score (nSPS) is 18.7. The molecule has 0 bridgehead atoms. The first-order valence-corrected chi connectivity index (χ1v) is 10.2. The lowest BCUT2D eigenvalue weighted by atomic mass is 10.0. The fourth-order valence-corrected chi connectivity index (χ4v) is 6.91. The van der Waals surface area contributed by atoms with Crippen molar-refractivity contribution in [3.63, 3.8) is 0 Å². The lowest BCUT2D eigenvalue weighted by Crippen LogP contribution is -2.42. The largest absolute Gasteiger partial charge is 0.283 e. The Morgan fingerprint density at radius 3 is 2.44 bits per heavy atom. The third kappa shape index (κ3) is 2.64. The van der Waals surface area contributed by atoms with E-state index in [0.29, 0.717) is 5.54 Å². The van der Waals surface area contributed by atoms with E-state index in [1.54, 1.807) is 0 Å². The van der Waals surface area contributed by atoms with Crippen LogP contribution in [0.5, 0.6) is 0 Å². The molecule has 0 radical (unpaired) electrons. The lowest BCUT2D eigenvalue weighted by Gasteiger charge is -2.31. The van der Waals surface area contributed by atoms with E-state index in [1.165, 1.54) is 42.9 Å². The van der Waals surface area contributed by atoms with Crippen LogP contribution in [0.15, 0.2) is 24.3 Å². The molecule has 1 aliphatic carbocycles. The zero-order valence-electron chi connectivity index (χ0n) is 9.68. The third-order valence-corrected chi connectivity index (χ3v) is 9.37. The maximum atomic E-state index is 6.72. The van der Waals surface area contributed by atoms with E-state index in [9.17, 15) is 0 Å². The second-order valence-electron chi connectivity index (χ2n) is 4.83. The first kappa shape index (κ1) is 12.5. The van der Waals surface area contributed by atoms with E-state index in [-0.39, 0.29) is 0 Å². The predicted molar refractivity (Wildman–Crippen MR) is 75.1 cm³/mol.